The summed E-state index contributed by atoms with van der Waals surface area (Å²) in [5, 5.41) is 6.86. The average Bonchev–Trinajstić information content (AvgIpc) is 2.75. The first-order chi connectivity index (χ1) is 5.90. The number of carbonyl (C=O) groups is 1. The van der Waals surface area contributed by atoms with Crippen molar-refractivity contribution in [2.45, 2.75) is 18.9 Å². The molecule has 0 aliphatic carbocycles. The van der Waals surface area contributed by atoms with Gasteiger partial charge in [0.1, 0.15) is 5.69 Å². The Bertz CT molecular complexity index is 276. The van der Waals surface area contributed by atoms with E-state index in [1.807, 2.05) is 0 Å². The second-order valence-corrected chi connectivity index (χ2v) is 2.92. The molecule has 12 heavy (non-hydrogen) atoms. The highest BCUT2D eigenvalue weighted by molar-refractivity contribution is 5.71. The summed E-state index contributed by atoms with van der Waals surface area (Å²) in [6.07, 6.45) is 2.91. The molecule has 1 aromatic heterocycles. The molecule has 1 N–H and O–H groups in total. The van der Waals surface area contributed by atoms with Crippen LogP contribution in [0.5, 0.6) is 0 Å². The van der Waals surface area contributed by atoms with Crippen molar-refractivity contribution in [3.63, 3.8) is 0 Å². The Morgan fingerprint density at radius 2 is 2.67 bits per heavy atom. The quantitative estimate of drug-likeness (QED) is 0.663. The minimum absolute atomic E-state index is 0.256. The van der Waals surface area contributed by atoms with Gasteiger partial charge in [-0.15, -0.1) is 0 Å². The van der Waals surface area contributed by atoms with E-state index in [4.69, 9.17) is 4.52 Å². The maximum atomic E-state index is 10.3. The Balaban J connectivity index is 2.16. The van der Waals surface area contributed by atoms with Crippen LogP contribution < -0.4 is 5.32 Å². The zero-order valence-corrected chi connectivity index (χ0v) is 6.62. The van der Waals surface area contributed by atoms with Gasteiger partial charge in [-0.3, -0.25) is 4.79 Å². The predicted molar refractivity (Wildman–Crippen MR) is 41.9 cm³/mol. The first kappa shape index (κ1) is 7.49. The Morgan fingerprint density at radius 3 is 3.25 bits per heavy atom. The van der Waals surface area contributed by atoms with Gasteiger partial charge < -0.3 is 9.84 Å². The lowest BCUT2D eigenvalue weighted by molar-refractivity contribution is 0.111. The fraction of sp³-hybridized carbons (Fsp3) is 0.500. The Labute approximate surface area is 69.9 Å². The standard InChI is InChI=1S/C8H10N2O2/c11-5-6-4-8(12-10-6)7-2-1-3-9-7/h4-5,7,9H,1-3H2. The molecule has 1 atom stereocenters. The molecule has 64 valence electrons. The highest BCUT2D eigenvalue weighted by atomic mass is 16.5. The normalized spacial score (nSPS) is 22.8. The number of rotatable bonds is 2. The predicted octanol–water partition coefficient (Wildman–Crippen LogP) is 0.912. The second-order valence-electron chi connectivity index (χ2n) is 2.92. The van der Waals surface area contributed by atoms with E-state index in [0.29, 0.717) is 12.0 Å². The molecule has 1 saturated heterocycles. The largest absolute Gasteiger partial charge is 0.359 e. The van der Waals surface area contributed by atoms with Gasteiger partial charge in [-0.05, 0) is 19.4 Å². The van der Waals surface area contributed by atoms with Gasteiger partial charge >= 0.3 is 0 Å². The summed E-state index contributed by atoms with van der Waals surface area (Å²) in [7, 11) is 0. The lowest BCUT2D eigenvalue weighted by Crippen LogP contribution is -2.11. The molecule has 0 amide bonds. The van der Waals surface area contributed by atoms with Crippen LogP contribution in [-0.2, 0) is 0 Å². The summed E-state index contributed by atoms with van der Waals surface area (Å²) in [6.45, 7) is 1.02. The van der Waals surface area contributed by atoms with Gasteiger partial charge in [0, 0.05) is 6.07 Å². The number of carbonyl (C=O) groups excluding carboxylic acids is 1. The lowest BCUT2D eigenvalue weighted by atomic mass is 10.2. The minimum Gasteiger partial charge on any atom is -0.359 e. The average molecular weight is 166 g/mol. The van der Waals surface area contributed by atoms with E-state index in [-0.39, 0.29) is 6.04 Å². The van der Waals surface area contributed by atoms with Crippen LogP contribution in [0.4, 0.5) is 0 Å². The van der Waals surface area contributed by atoms with Crippen LogP contribution >= 0.6 is 0 Å². The van der Waals surface area contributed by atoms with Crippen LogP contribution in [0.2, 0.25) is 0 Å². The van der Waals surface area contributed by atoms with Gasteiger partial charge in [0.25, 0.3) is 0 Å². The van der Waals surface area contributed by atoms with E-state index < -0.39 is 0 Å². The van der Waals surface area contributed by atoms with E-state index >= 15 is 0 Å². The Kier molecular flexibility index (Phi) is 1.91. The number of aromatic nitrogens is 1. The molecule has 1 unspecified atom stereocenters. The molecule has 4 heteroatoms. The van der Waals surface area contributed by atoms with E-state index in [2.05, 4.69) is 10.5 Å². The van der Waals surface area contributed by atoms with Crippen LogP contribution in [0.3, 0.4) is 0 Å². The smallest absolute Gasteiger partial charge is 0.171 e. The van der Waals surface area contributed by atoms with Crippen molar-refractivity contribution < 1.29 is 9.32 Å². The molecule has 0 radical (unpaired) electrons. The second kappa shape index (κ2) is 3.06. The first-order valence-electron chi connectivity index (χ1n) is 4.05. The molecular weight excluding hydrogens is 156 g/mol. The third-order valence-electron chi connectivity index (χ3n) is 2.07. The third kappa shape index (κ3) is 1.25. The number of hydrogen-bond donors (Lipinski definition) is 1. The van der Waals surface area contributed by atoms with Gasteiger partial charge in [0.15, 0.2) is 12.0 Å². The van der Waals surface area contributed by atoms with Crippen LogP contribution in [0, 0.1) is 0 Å². The highest BCUT2D eigenvalue weighted by Crippen LogP contribution is 2.22. The molecule has 1 aliphatic rings. The van der Waals surface area contributed by atoms with Crippen molar-refractivity contribution in [2.24, 2.45) is 0 Å². The fourth-order valence-corrected chi connectivity index (χ4v) is 1.45. The van der Waals surface area contributed by atoms with Crippen LogP contribution in [0.25, 0.3) is 0 Å². The third-order valence-corrected chi connectivity index (χ3v) is 2.07. The van der Waals surface area contributed by atoms with Crippen molar-refractivity contribution in [2.75, 3.05) is 6.54 Å². The maximum Gasteiger partial charge on any atom is 0.171 e. The van der Waals surface area contributed by atoms with Crippen molar-refractivity contribution in [1.82, 2.24) is 10.5 Å². The maximum absolute atomic E-state index is 10.3. The Hall–Kier alpha value is -1.16. The number of aldehydes is 1. The van der Waals surface area contributed by atoms with Crippen molar-refractivity contribution in [3.8, 4) is 0 Å². The zero-order chi connectivity index (χ0) is 8.39. The summed E-state index contributed by atoms with van der Waals surface area (Å²) in [6, 6.07) is 1.95. The summed E-state index contributed by atoms with van der Waals surface area (Å²) in [5.41, 5.74) is 0.374. The summed E-state index contributed by atoms with van der Waals surface area (Å²) in [5.74, 6) is 0.773. The van der Waals surface area contributed by atoms with Crippen LogP contribution in [0.15, 0.2) is 10.6 Å². The van der Waals surface area contributed by atoms with Crippen LogP contribution in [0.1, 0.15) is 35.1 Å². The molecular formula is C8H10N2O2. The molecule has 0 bridgehead atoms. The molecule has 0 spiro atoms. The summed E-state index contributed by atoms with van der Waals surface area (Å²) in [4.78, 5) is 10.3. The number of hydrogen-bond acceptors (Lipinski definition) is 4. The minimum atomic E-state index is 0.256. The van der Waals surface area contributed by atoms with E-state index in [1.165, 1.54) is 0 Å². The van der Waals surface area contributed by atoms with Crippen molar-refractivity contribution in [1.29, 1.82) is 0 Å². The monoisotopic (exact) mass is 166 g/mol. The van der Waals surface area contributed by atoms with E-state index in [1.54, 1.807) is 6.07 Å². The van der Waals surface area contributed by atoms with E-state index in [0.717, 1.165) is 25.1 Å². The fourth-order valence-electron chi connectivity index (χ4n) is 1.45. The molecule has 1 aliphatic heterocycles. The molecule has 0 saturated carbocycles. The van der Waals surface area contributed by atoms with E-state index in [9.17, 15) is 4.79 Å². The summed E-state index contributed by atoms with van der Waals surface area (Å²) >= 11 is 0. The topological polar surface area (TPSA) is 55.1 Å². The van der Waals surface area contributed by atoms with Gasteiger partial charge in [-0.25, -0.2) is 0 Å². The molecule has 0 aromatic carbocycles. The number of nitrogens with zero attached hydrogens (tertiary/aromatic N) is 1. The SMILES string of the molecule is O=Cc1cc(C2CCCN2)on1. The van der Waals surface area contributed by atoms with Crippen molar-refractivity contribution in [3.05, 3.63) is 17.5 Å². The number of nitrogens with one attached hydrogen (secondary N) is 1. The molecule has 4 nitrogen and oxygen atoms in total. The first-order valence-corrected chi connectivity index (χ1v) is 4.05. The molecule has 2 heterocycles. The zero-order valence-electron chi connectivity index (χ0n) is 6.62. The van der Waals surface area contributed by atoms with Crippen molar-refractivity contribution >= 4 is 6.29 Å². The van der Waals surface area contributed by atoms with Gasteiger partial charge in [0.2, 0.25) is 0 Å². The molecule has 1 fully saturated rings. The molecule has 1 aromatic rings. The lowest BCUT2D eigenvalue weighted by Gasteiger charge is -2.02. The van der Waals surface area contributed by atoms with Gasteiger partial charge in [0.05, 0.1) is 6.04 Å². The van der Waals surface area contributed by atoms with Gasteiger partial charge in [-0.1, -0.05) is 5.16 Å². The Morgan fingerprint density at radius 1 is 1.75 bits per heavy atom. The highest BCUT2D eigenvalue weighted by Gasteiger charge is 2.20. The van der Waals surface area contributed by atoms with Gasteiger partial charge in [-0.2, -0.15) is 0 Å². The van der Waals surface area contributed by atoms with Crippen LogP contribution in [-0.4, -0.2) is 18.0 Å². The summed E-state index contributed by atoms with van der Waals surface area (Å²) < 4.78 is 5.00. The molecule has 2 rings (SSSR count).